The minimum absolute atomic E-state index is 0. The molecule has 0 bridgehead atoms. The molecule has 0 heterocycles. The van der Waals surface area contributed by atoms with E-state index in [2.05, 4.69) is 6.92 Å². The molecule has 0 spiro atoms. The lowest BCUT2D eigenvalue weighted by Gasteiger charge is -1.99. The van der Waals surface area contributed by atoms with Gasteiger partial charge in [0.05, 0.1) is 0 Å². The fraction of sp³-hybridized carbons (Fsp3) is 1.00. The van der Waals surface area contributed by atoms with Crippen LogP contribution in [0.1, 0.15) is 40.5 Å². The number of rotatable bonds is 1. The normalized spacial score (nSPS) is 23.6. The van der Waals surface area contributed by atoms with Crippen molar-refractivity contribution in [3.63, 3.8) is 0 Å². The molecular formula is C7H16. The van der Waals surface area contributed by atoms with Crippen LogP contribution in [0.15, 0.2) is 0 Å². The van der Waals surface area contributed by atoms with Crippen molar-refractivity contribution in [2.24, 2.45) is 5.92 Å². The van der Waals surface area contributed by atoms with E-state index in [4.69, 9.17) is 0 Å². The first-order chi connectivity index (χ1) is 3.43. The summed E-state index contributed by atoms with van der Waals surface area (Å²) < 4.78 is 0. The predicted octanol–water partition coefficient (Wildman–Crippen LogP) is 2.83. The highest BCUT2D eigenvalue weighted by atomic mass is 14.2. The summed E-state index contributed by atoms with van der Waals surface area (Å²) >= 11 is 0. The summed E-state index contributed by atoms with van der Waals surface area (Å²) in [5.74, 6) is 1.10. The Morgan fingerprint density at radius 2 is 2.00 bits per heavy atom. The van der Waals surface area contributed by atoms with Gasteiger partial charge in [-0.25, -0.2) is 0 Å². The quantitative estimate of drug-likeness (QED) is 0.475. The Labute approximate surface area is 47.4 Å². The second-order valence-electron chi connectivity index (χ2n) is 2.56. The van der Waals surface area contributed by atoms with E-state index in [-0.39, 0.29) is 1.43 Å². The summed E-state index contributed by atoms with van der Waals surface area (Å²) in [6.45, 7) is 2.30. The van der Waals surface area contributed by atoms with Crippen molar-refractivity contribution < 1.29 is 1.43 Å². The zero-order chi connectivity index (χ0) is 5.11. The van der Waals surface area contributed by atoms with Gasteiger partial charge in [0.2, 0.25) is 0 Å². The summed E-state index contributed by atoms with van der Waals surface area (Å²) in [6.07, 6.45) is 7.43. The summed E-state index contributed by atoms with van der Waals surface area (Å²) in [6, 6.07) is 0. The molecule has 1 aliphatic rings. The maximum atomic E-state index is 2.30. The number of hydrogen-bond donors (Lipinski definition) is 0. The molecule has 0 N–H and O–H groups in total. The van der Waals surface area contributed by atoms with Gasteiger partial charge < -0.3 is 0 Å². The second-order valence-corrected chi connectivity index (χ2v) is 2.56. The van der Waals surface area contributed by atoms with E-state index >= 15 is 0 Å². The first-order valence-electron chi connectivity index (χ1n) is 3.43. The topological polar surface area (TPSA) is 0 Å². The fourth-order valence-electron chi connectivity index (χ4n) is 1.42. The largest absolute Gasteiger partial charge is 0.0651 e. The SMILES string of the molecule is CCC1CCCC1.[HH]. The van der Waals surface area contributed by atoms with Gasteiger partial charge in [0, 0.05) is 1.43 Å². The monoisotopic (exact) mass is 100 g/mol. The van der Waals surface area contributed by atoms with Gasteiger partial charge in [-0.3, -0.25) is 0 Å². The summed E-state index contributed by atoms with van der Waals surface area (Å²) in [4.78, 5) is 0. The van der Waals surface area contributed by atoms with Crippen molar-refractivity contribution in [1.82, 2.24) is 0 Å². The molecule has 0 unspecified atom stereocenters. The minimum atomic E-state index is 0. The summed E-state index contributed by atoms with van der Waals surface area (Å²) in [7, 11) is 0. The maximum absolute atomic E-state index is 2.30. The van der Waals surface area contributed by atoms with Crippen LogP contribution in [0.4, 0.5) is 0 Å². The number of hydrogen-bond acceptors (Lipinski definition) is 0. The van der Waals surface area contributed by atoms with Crippen molar-refractivity contribution in [3.8, 4) is 0 Å². The molecule has 0 atom stereocenters. The molecule has 7 heavy (non-hydrogen) atoms. The maximum Gasteiger partial charge on any atom is 0 e. The van der Waals surface area contributed by atoms with Gasteiger partial charge in [-0.2, -0.15) is 0 Å². The van der Waals surface area contributed by atoms with Crippen LogP contribution in [0, 0.1) is 5.92 Å². The van der Waals surface area contributed by atoms with Gasteiger partial charge in [0.25, 0.3) is 0 Å². The minimum Gasteiger partial charge on any atom is -0.0651 e. The van der Waals surface area contributed by atoms with Crippen LogP contribution in [-0.2, 0) is 0 Å². The zero-order valence-electron chi connectivity index (χ0n) is 5.11. The lowest BCUT2D eigenvalue weighted by Crippen LogP contribution is -1.86. The van der Waals surface area contributed by atoms with Gasteiger partial charge in [-0.05, 0) is 5.92 Å². The van der Waals surface area contributed by atoms with E-state index in [1.165, 1.54) is 32.1 Å². The Morgan fingerprint density at radius 3 is 2.29 bits per heavy atom. The molecule has 0 aromatic heterocycles. The predicted molar refractivity (Wildman–Crippen MR) is 34.4 cm³/mol. The van der Waals surface area contributed by atoms with Crippen LogP contribution in [0.5, 0.6) is 0 Å². The van der Waals surface area contributed by atoms with Crippen LogP contribution in [0.3, 0.4) is 0 Å². The molecule has 0 aromatic rings. The molecule has 1 saturated carbocycles. The smallest absolute Gasteiger partial charge is 0 e. The Kier molecular flexibility index (Phi) is 1.72. The summed E-state index contributed by atoms with van der Waals surface area (Å²) in [5, 5.41) is 0. The van der Waals surface area contributed by atoms with Gasteiger partial charge >= 0.3 is 0 Å². The molecule has 0 saturated heterocycles. The van der Waals surface area contributed by atoms with Crippen LogP contribution >= 0.6 is 0 Å². The third kappa shape index (κ3) is 1.19. The lowest BCUT2D eigenvalue weighted by atomic mass is 10.1. The van der Waals surface area contributed by atoms with Crippen molar-refractivity contribution in [3.05, 3.63) is 0 Å². The highest BCUT2D eigenvalue weighted by molar-refractivity contribution is 4.64. The molecule has 0 nitrogen and oxygen atoms in total. The average Bonchev–Trinajstić information content (AvgIpc) is 2.14. The summed E-state index contributed by atoms with van der Waals surface area (Å²) in [5.41, 5.74) is 0. The molecule has 44 valence electrons. The third-order valence-electron chi connectivity index (χ3n) is 2.05. The highest BCUT2D eigenvalue weighted by Gasteiger charge is 2.11. The zero-order valence-corrected chi connectivity index (χ0v) is 5.11. The van der Waals surface area contributed by atoms with E-state index < -0.39 is 0 Å². The molecule has 0 heteroatoms. The molecule has 0 aliphatic heterocycles. The van der Waals surface area contributed by atoms with Crippen LogP contribution in [0.2, 0.25) is 0 Å². The van der Waals surface area contributed by atoms with Crippen molar-refractivity contribution in [2.75, 3.05) is 0 Å². The Hall–Kier alpha value is 0. The fourth-order valence-corrected chi connectivity index (χ4v) is 1.42. The molecular weight excluding hydrogens is 84.1 g/mol. The molecule has 0 radical (unpaired) electrons. The first-order valence-corrected chi connectivity index (χ1v) is 3.43. The second kappa shape index (κ2) is 2.34. The van der Waals surface area contributed by atoms with Crippen molar-refractivity contribution in [1.29, 1.82) is 0 Å². The van der Waals surface area contributed by atoms with Gasteiger partial charge in [0.15, 0.2) is 0 Å². The van der Waals surface area contributed by atoms with Crippen molar-refractivity contribution >= 4 is 0 Å². The standard InChI is InChI=1S/C7H14.H2/c1-2-7-5-3-4-6-7;/h7H,2-6H2,1H3;1H. The van der Waals surface area contributed by atoms with E-state index in [0.29, 0.717) is 0 Å². The van der Waals surface area contributed by atoms with E-state index in [9.17, 15) is 0 Å². The van der Waals surface area contributed by atoms with Gasteiger partial charge in [0.1, 0.15) is 0 Å². The highest BCUT2D eigenvalue weighted by Crippen LogP contribution is 2.26. The van der Waals surface area contributed by atoms with E-state index in [1.807, 2.05) is 0 Å². The lowest BCUT2D eigenvalue weighted by molar-refractivity contribution is 0.531. The molecule has 0 aromatic carbocycles. The molecule has 1 aliphatic carbocycles. The van der Waals surface area contributed by atoms with Crippen molar-refractivity contribution in [2.45, 2.75) is 39.0 Å². The molecule has 1 rings (SSSR count). The third-order valence-corrected chi connectivity index (χ3v) is 2.05. The molecule has 0 amide bonds. The van der Waals surface area contributed by atoms with Gasteiger partial charge in [-0.15, -0.1) is 0 Å². The van der Waals surface area contributed by atoms with E-state index in [0.717, 1.165) is 5.92 Å². The van der Waals surface area contributed by atoms with Crippen LogP contribution in [-0.4, -0.2) is 0 Å². The Morgan fingerprint density at radius 1 is 1.43 bits per heavy atom. The molecule has 1 fully saturated rings. The van der Waals surface area contributed by atoms with Gasteiger partial charge in [-0.1, -0.05) is 39.0 Å². The first kappa shape index (κ1) is 5.14. The van der Waals surface area contributed by atoms with E-state index in [1.54, 1.807) is 0 Å². The average molecular weight is 100 g/mol. The Bertz CT molecular complexity index is 46.3. The Balaban J connectivity index is 0.000000490. The van der Waals surface area contributed by atoms with Crippen LogP contribution < -0.4 is 0 Å². The van der Waals surface area contributed by atoms with Crippen LogP contribution in [0.25, 0.3) is 0 Å².